The van der Waals surface area contributed by atoms with Gasteiger partial charge in [-0.15, -0.1) is 0 Å². The average Bonchev–Trinajstić information content (AvgIpc) is 2.04. The number of rotatable bonds is 4. The van der Waals surface area contributed by atoms with Crippen molar-refractivity contribution in [3.05, 3.63) is 0 Å². The zero-order valence-electron chi connectivity index (χ0n) is 9.56. The van der Waals surface area contributed by atoms with E-state index in [1.807, 2.05) is 0 Å². The van der Waals surface area contributed by atoms with Gasteiger partial charge in [0.15, 0.2) is 0 Å². The molecule has 0 amide bonds. The Bertz CT molecular complexity index is 174. The van der Waals surface area contributed by atoms with E-state index in [0.29, 0.717) is 5.41 Å². The minimum atomic E-state index is -0.0425. The van der Waals surface area contributed by atoms with Gasteiger partial charge < -0.3 is 5.11 Å². The Morgan fingerprint density at radius 2 is 1.92 bits per heavy atom. The summed E-state index contributed by atoms with van der Waals surface area (Å²) < 4.78 is 0. The molecule has 1 nitrogen and oxygen atoms in total. The molecule has 0 radical (unpaired) electrons. The Labute approximate surface area is 82.5 Å². The zero-order valence-corrected chi connectivity index (χ0v) is 9.56. The largest absolute Gasteiger partial charge is 0.393 e. The number of unbranched alkanes of at least 4 members (excludes halogenated alkanes) is 1. The molecule has 1 aliphatic rings. The first-order valence-corrected chi connectivity index (χ1v) is 5.68. The molecule has 0 heterocycles. The van der Waals surface area contributed by atoms with Crippen molar-refractivity contribution < 1.29 is 5.11 Å². The molecule has 0 spiro atoms. The molecule has 1 N–H and O–H groups in total. The number of aliphatic hydroxyl groups is 1. The highest BCUT2D eigenvalue weighted by atomic mass is 16.3. The standard InChI is InChI=1S/C12H24O/c1-5-7-8-12(6-2)10(13)9-11(12,3)4/h10,13H,5-9H2,1-4H3. The molecule has 2 atom stereocenters. The van der Waals surface area contributed by atoms with Crippen molar-refractivity contribution in [1.29, 1.82) is 0 Å². The first-order chi connectivity index (χ1) is 6.00. The van der Waals surface area contributed by atoms with E-state index in [0.717, 1.165) is 12.8 Å². The van der Waals surface area contributed by atoms with Crippen LogP contribution >= 0.6 is 0 Å². The minimum Gasteiger partial charge on any atom is -0.393 e. The van der Waals surface area contributed by atoms with Gasteiger partial charge >= 0.3 is 0 Å². The second-order valence-corrected chi connectivity index (χ2v) is 5.22. The molecule has 1 rings (SSSR count). The van der Waals surface area contributed by atoms with Gasteiger partial charge in [-0.1, -0.05) is 40.5 Å². The van der Waals surface area contributed by atoms with Crippen LogP contribution in [0.1, 0.15) is 59.8 Å². The molecule has 1 saturated carbocycles. The molecule has 0 aromatic heterocycles. The van der Waals surface area contributed by atoms with Gasteiger partial charge in [0.05, 0.1) is 6.10 Å². The Hall–Kier alpha value is -0.0400. The molecule has 1 aliphatic carbocycles. The van der Waals surface area contributed by atoms with E-state index in [-0.39, 0.29) is 11.5 Å². The third-order valence-electron chi connectivity index (χ3n) is 4.30. The first kappa shape index (κ1) is 11.0. The van der Waals surface area contributed by atoms with Gasteiger partial charge in [-0.3, -0.25) is 0 Å². The lowest BCUT2D eigenvalue weighted by atomic mass is 9.46. The maximum absolute atomic E-state index is 9.92. The Kier molecular flexibility index (Phi) is 3.06. The van der Waals surface area contributed by atoms with Crippen LogP contribution < -0.4 is 0 Å². The van der Waals surface area contributed by atoms with Gasteiger partial charge in [0.2, 0.25) is 0 Å². The van der Waals surface area contributed by atoms with E-state index in [9.17, 15) is 5.11 Å². The van der Waals surface area contributed by atoms with E-state index in [1.165, 1.54) is 19.3 Å². The molecule has 1 heteroatoms. The zero-order chi connectivity index (χ0) is 10.1. The van der Waals surface area contributed by atoms with Crippen LogP contribution in [0, 0.1) is 10.8 Å². The summed E-state index contributed by atoms with van der Waals surface area (Å²) in [5.41, 5.74) is 0.583. The third kappa shape index (κ3) is 1.52. The molecule has 78 valence electrons. The van der Waals surface area contributed by atoms with Gasteiger partial charge in [-0.25, -0.2) is 0 Å². The van der Waals surface area contributed by atoms with E-state index in [1.54, 1.807) is 0 Å². The Morgan fingerprint density at radius 3 is 2.23 bits per heavy atom. The maximum atomic E-state index is 9.92. The molecule has 13 heavy (non-hydrogen) atoms. The molecule has 0 bridgehead atoms. The Balaban J connectivity index is 2.67. The van der Waals surface area contributed by atoms with E-state index in [4.69, 9.17) is 0 Å². The average molecular weight is 184 g/mol. The second-order valence-electron chi connectivity index (χ2n) is 5.22. The third-order valence-corrected chi connectivity index (χ3v) is 4.30. The Morgan fingerprint density at radius 1 is 1.31 bits per heavy atom. The first-order valence-electron chi connectivity index (χ1n) is 5.68. The van der Waals surface area contributed by atoms with Crippen LogP contribution in [0.3, 0.4) is 0 Å². The van der Waals surface area contributed by atoms with E-state index in [2.05, 4.69) is 27.7 Å². The van der Waals surface area contributed by atoms with E-state index >= 15 is 0 Å². The van der Waals surface area contributed by atoms with E-state index < -0.39 is 0 Å². The maximum Gasteiger partial charge on any atom is 0.0606 e. The molecule has 2 unspecified atom stereocenters. The summed E-state index contributed by atoms with van der Waals surface area (Å²) in [6.45, 7) is 9.05. The summed E-state index contributed by atoms with van der Waals surface area (Å²) in [7, 11) is 0. The lowest BCUT2D eigenvalue weighted by molar-refractivity contribution is -0.181. The van der Waals surface area contributed by atoms with Gasteiger partial charge in [0, 0.05) is 5.41 Å². The smallest absolute Gasteiger partial charge is 0.0606 e. The lowest BCUT2D eigenvalue weighted by Crippen LogP contribution is -2.58. The SMILES string of the molecule is CCCCC1(CC)C(O)CC1(C)C. The monoisotopic (exact) mass is 184 g/mol. The fourth-order valence-corrected chi connectivity index (χ4v) is 3.09. The molecule has 1 fully saturated rings. The second kappa shape index (κ2) is 3.61. The van der Waals surface area contributed by atoms with Crippen LogP contribution in [0.15, 0.2) is 0 Å². The summed E-state index contributed by atoms with van der Waals surface area (Å²) in [5.74, 6) is 0. The molecule has 0 saturated heterocycles. The molecule has 0 aromatic carbocycles. The number of hydrogen-bond donors (Lipinski definition) is 1. The highest BCUT2D eigenvalue weighted by molar-refractivity contribution is 5.07. The summed E-state index contributed by atoms with van der Waals surface area (Å²) >= 11 is 0. The van der Waals surface area contributed by atoms with Crippen LogP contribution in [0.5, 0.6) is 0 Å². The van der Waals surface area contributed by atoms with Crippen LogP contribution in [0.2, 0.25) is 0 Å². The van der Waals surface area contributed by atoms with Crippen molar-refractivity contribution in [3.63, 3.8) is 0 Å². The van der Waals surface area contributed by atoms with Crippen molar-refractivity contribution in [1.82, 2.24) is 0 Å². The van der Waals surface area contributed by atoms with Crippen molar-refractivity contribution in [2.24, 2.45) is 10.8 Å². The summed E-state index contributed by atoms with van der Waals surface area (Å²) in [5, 5.41) is 9.92. The predicted molar refractivity (Wildman–Crippen MR) is 56.7 cm³/mol. The fraction of sp³-hybridized carbons (Fsp3) is 1.00. The van der Waals surface area contributed by atoms with Gasteiger partial charge in [0.25, 0.3) is 0 Å². The minimum absolute atomic E-state index is 0.0425. The predicted octanol–water partition coefficient (Wildman–Crippen LogP) is 3.36. The quantitative estimate of drug-likeness (QED) is 0.710. The highest BCUT2D eigenvalue weighted by Gasteiger charge is 2.57. The van der Waals surface area contributed by atoms with Gasteiger partial charge in [-0.05, 0) is 24.7 Å². The van der Waals surface area contributed by atoms with Gasteiger partial charge in [0.1, 0.15) is 0 Å². The van der Waals surface area contributed by atoms with Crippen LogP contribution in [-0.4, -0.2) is 11.2 Å². The summed E-state index contributed by atoms with van der Waals surface area (Å²) in [6.07, 6.45) is 5.78. The number of hydrogen-bond acceptors (Lipinski definition) is 1. The molecular weight excluding hydrogens is 160 g/mol. The molecular formula is C12H24O. The topological polar surface area (TPSA) is 20.2 Å². The van der Waals surface area contributed by atoms with Crippen LogP contribution in [-0.2, 0) is 0 Å². The molecule has 0 aliphatic heterocycles. The van der Waals surface area contributed by atoms with Crippen LogP contribution in [0.25, 0.3) is 0 Å². The van der Waals surface area contributed by atoms with Crippen molar-refractivity contribution in [2.45, 2.75) is 65.9 Å². The van der Waals surface area contributed by atoms with Crippen molar-refractivity contribution in [3.8, 4) is 0 Å². The van der Waals surface area contributed by atoms with Gasteiger partial charge in [-0.2, -0.15) is 0 Å². The summed E-state index contributed by atoms with van der Waals surface area (Å²) in [4.78, 5) is 0. The van der Waals surface area contributed by atoms with Crippen molar-refractivity contribution >= 4 is 0 Å². The lowest BCUT2D eigenvalue weighted by Gasteiger charge is -2.60. The van der Waals surface area contributed by atoms with Crippen molar-refractivity contribution in [2.75, 3.05) is 0 Å². The molecule has 0 aromatic rings. The highest BCUT2D eigenvalue weighted by Crippen LogP contribution is 2.60. The summed E-state index contributed by atoms with van der Waals surface area (Å²) in [6, 6.07) is 0. The number of aliphatic hydroxyl groups excluding tert-OH is 1. The normalized spacial score (nSPS) is 37.2. The fourth-order valence-electron chi connectivity index (χ4n) is 3.09. The van der Waals surface area contributed by atoms with Crippen LogP contribution in [0.4, 0.5) is 0 Å².